The number of ether oxygens (including phenoxy) is 1. The minimum absolute atomic E-state index is 0.112. The third-order valence-electron chi connectivity index (χ3n) is 5.45. The van der Waals surface area contributed by atoms with Crippen molar-refractivity contribution >= 4 is 6.09 Å². The molecule has 3 rings (SSSR count). The molecule has 5 nitrogen and oxygen atoms in total. The second kappa shape index (κ2) is 10.2. The van der Waals surface area contributed by atoms with Crippen LogP contribution < -0.4 is 5.32 Å². The average Bonchev–Trinajstić information content (AvgIpc) is 3.12. The van der Waals surface area contributed by atoms with Gasteiger partial charge in [0.25, 0.3) is 0 Å². The van der Waals surface area contributed by atoms with Crippen molar-refractivity contribution in [2.45, 2.75) is 83.8 Å². The second-order valence-electron chi connectivity index (χ2n) is 7.26. The predicted octanol–water partition coefficient (Wildman–Crippen LogP) is 3.24. The van der Waals surface area contributed by atoms with Crippen LogP contribution in [0.5, 0.6) is 0 Å². The molecule has 140 valence electrons. The molecular formula is C19H37N3O2. The fraction of sp³-hybridized carbons (Fsp3) is 0.947. The molecule has 0 radical (unpaired) electrons. The van der Waals surface area contributed by atoms with Gasteiger partial charge in [-0.3, -0.25) is 4.90 Å². The Balaban J connectivity index is 0.00000100. The first-order valence-electron chi connectivity index (χ1n) is 10.1. The summed E-state index contributed by atoms with van der Waals surface area (Å²) in [7, 11) is 0. The molecule has 1 unspecified atom stereocenters. The molecule has 3 saturated heterocycles. The lowest BCUT2D eigenvalue weighted by molar-refractivity contribution is 0.0889. The van der Waals surface area contributed by atoms with Crippen molar-refractivity contribution in [1.29, 1.82) is 0 Å². The monoisotopic (exact) mass is 339 g/mol. The van der Waals surface area contributed by atoms with Gasteiger partial charge in [0.15, 0.2) is 0 Å². The van der Waals surface area contributed by atoms with Crippen LogP contribution in [-0.4, -0.2) is 66.8 Å². The first-order valence-corrected chi connectivity index (χ1v) is 10.1. The SMILES string of the molecule is CC.C[C@@H]1CCC[C@H](COC(=O)N2CCC(N3CCCCC3)C2)N1. The van der Waals surface area contributed by atoms with Crippen molar-refractivity contribution in [2.24, 2.45) is 0 Å². The molecule has 0 aliphatic carbocycles. The van der Waals surface area contributed by atoms with E-state index < -0.39 is 0 Å². The fourth-order valence-corrected chi connectivity index (χ4v) is 4.12. The van der Waals surface area contributed by atoms with Crippen LogP contribution in [0.15, 0.2) is 0 Å². The summed E-state index contributed by atoms with van der Waals surface area (Å²) in [5.74, 6) is 0. The van der Waals surface area contributed by atoms with Crippen LogP contribution in [0.3, 0.4) is 0 Å². The van der Waals surface area contributed by atoms with Crippen molar-refractivity contribution in [3.63, 3.8) is 0 Å². The summed E-state index contributed by atoms with van der Waals surface area (Å²) >= 11 is 0. The number of carbonyl (C=O) groups is 1. The smallest absolute Gasteiger partial charge is 0.409 e. The Morgan fingerprint density at radius 2 is 1.79 bits per heavy atom. The Bertz CT molecular complexity index is 372. The van der Waals surface area contributed by atoms with E-state index >= 15 is 0 Å². The Labute approximate surface area is 148 Å². The van der Waals surface area contributed by atoms with Crippen LogP contribution in [0.1, 0.15) is 65.7 Å². The van der Waals surface area contributed by atoms with E-state index in [0.717, 1.165) is 25.9 Å². The lowest BCUT2D eigenvalue weighted by atomic mass is 10.0. The van der Waals surface area contributed by atoms with Crippen molar-refractivity contribution < 1.29 is 9.53 Å². The van der Waals surface area contributed by atoms with Gasteiger partial charge in [-0.25, -0.2) is 4.79 Å². The van der Waals surface area contributed by atoms with Crippen LogP contribution >= 0.6 is 0 Å². The largest absolute Gasteiger partial charge is 0.448 e. The minimum atomic E-state index is -0.112. The summed E-state index contributed by atoms with van der Waals surface area (Å²) in [6, 6.07) is 1.45. The molecule has 5 heteroatoms. The van der Waals surface area contributed by atoms with E-state index in [1.807, 2.05) is 18.7 Å². The number of carbonyl (C=O) groups excluding carboxylic acids is 1. The van der Waals surface area contributed by atoms with Gasteiger partial charge in [0, 0.05) is 31.2 Å². The average molecular weight is 340 g/mol. The summed E-state index contributed by atoms with van der Waals surface area (Å²) in [6.07, 6.45) is 8.56. The molecule has 3 heterocycles. The molecule has 3 fully saturated rings. The van der Waals surface area contributed by atoms with Gasteiger partial charge in [0.1, 0.15) is 6.61 Å². The molecule has 3 aliphatic rings. The molecular weight excluding hydrogens is 302 g/mol. The van der Waals surface area contributed by atoms with Gasteiger partial charge in [-0.15, -0.1) is 0 Å². The summed E-state index contributed by atoms with van der Waals surface area (Å²) in [4.78, 5) is 16.7. The highest BCUT2D eigenvalue weighted by Gasteiger charge is 2.32. The molecule has 0 saturated carbocycles. The molecule has 0 aromatic heterocycles. The molecule has 0 spiro atoms. The molecule has 1 N–H and O–H groups in total. The van der Waals surface area contributed by atoms with Gasteiger partial charge in [-0.1, -0.05) is 26.7 Å². The van der Waals surface area contributed by atoms with Gasteiger partial charge in [-0.2, -0.15) is 0 Å². The third kappa shape index (κ3) is 5.62. The highest BCUT2D eigenvalue weighted by molar-refractivity contribution is 5.68. The predicted molar refractivity (Wildman–Crippen MR) is 98.3 cm³/mol. The quantitative estimate of drug-likeness (QED) is 0.857. The summed E-state index contributed by atoms with van der Waals surface area (Å²) in [6.45, 7) is 10.8. The number of likely N-dealkylation sites (tertiary alicyclic amines) is 2. The zero-order chi connectivity index (χ0) is 17.4. The van der Waals surface area contributed by atoms with Crippen LogP contribution in [-0.2, 0) is 4.74 Å². The van der Waals surface area contributed by atoms with Crippen LogP contribution in [0.4, 0.5) is 4.79 Å². The number of piperidine rings is 2. The number of nitrogens with zero attached hydrogens (tertiary/aromatic N) is 2. The van der Waals surface area contributed by atoms with Gasteiger partial charge >= 0.3 is 6.09 Å². The Kier molecular flexibility index (Phi) is 8.33. The summed E-state index contributed by atoms with van der Waals surface area (Å²) in [5, 5.41) is 3.52. The van der Waals surface area contributed by atoms with Gasteiger partial charge in [0.2, 0.25) is 0 Å². The fourth-order valence-electron chi connectivity index (χ4n) is 4.12. The molecule has 1 amide bonds. The van der Waals surface area contributed by atoms with Crippen LogP contribution in [0.25, 0.3) is 0 Å². The van der Waals surface area contributed by atoms with E-state index in [9.17, 15) is 4.79 Å². The van der Waals surface area contributed by atoms with Crippen molar-refractivity contribution in [3.8, 4) is 0 Å². The second-order valence-corrected chi connectivity index (χ2v) is 7.26. The minimum Gasteiger partial charge on any atom is -0.448 e. The number of hydrogen-bond acceptors (Lipinski definition) is 4. The van der Waals surface area contributed by atoms with E-state index in [1.54, 1.807) is 0 Å². The Hall–Kier alpha value is -0.810. The van der Waals surface area contributed by atoms with Crippen molar-refractivity contribution in [3.05, 3.63) is 0 Å². The molecule has 24 heavy (non-hydrogen) atoms. The lowest BCUT2D eigenvalue weighted by Crippen LogP contribution is -2.45. The maximum Gasteiger partial charge on any atom is 0.409 e. The van der Waals surface area contributed by atoms with Crippen LogP contribution in [0, 0.1) is 0 Å². The Morgan fingerprint density at radius 3 is 2.50 bits per heavy atom. The van der Waals surface area contributed by atoms with Crippen molar-refractivity contribution in [2.75, 3.05) is 32.8 Å². The highest BCUT2D eigenvalue weighted by atomic mass is 16.6. The lowest BCUT2D eigenvalue weighted by Gasteiger charge is -2.32. The van der Waals surface area contributed by atoms with Crippen molar-refractivity contribution in [1.82, 2.24) is 15.1 Å². The standard InChI is InChI=1S/C17H31N3O2.C2H6/c1-14-6-5-7-15(18-14)13-22-17(21)20-11-8-16(12-20)19-9-3-2-4-10-19;1-2/h14-16,18H,2-13H2,1H3;1-2H3/t14-,15-,16?;/m1./s1. The van der Waals surface area contributed by atoms with E-state index in [2.05, 4.69) is 17.1 Å². The first-order chi connectivity index (χ1) is 11.7. The number of hydrogen-bond donors (Lipinski definition) is 1. The molecule has 0 aromatic carbocycles. The van der Waals surface area contributed by atoms with E-state index in [4.69, 9.17) is 4.74 Å². The van der Waals surface area contributed by atoms with E-state index in [1.165, 1.54) is 45.2 Å². The van der Waals surface area contributed by atoms with Gasteiger partial charge in [-0.05, 0) is 52.1 Å². The molecule has 3 atom stereocenters. The summed E-state index contributed by atoms with van der Waals surface area (Å²) in [5.41, 5.74) is 0. The maximum atomic E-state index is 12.3. The number of rotatable bonds is 3. The maximum absolute atomic E-state index is 12.3. The first kappa shape index (κ1) is 19.5. The molecule has 3 aliphatic heterocycles. The molecule has 0 aromatic rings. The van der Waals surface area contributed by atoms with Crippen LogP contribution in [0.2, 0.25) is 0 Å². The topological polar surface area (TPSA) is 44.8 Å². The zero-order valence-electron chi connectivity index (χ0n) is 15.9. The normalized spacial score (nSPS) is 31.3. The summed E-state index contributed by atoms with van der Waals surface area (Å²) < 4.78 is 5.56. The van der Waals surface area contributed by atoms with Gasteiger partial charge < -0.3 is 15.0 Å². The third-order valence-corrected chi connectivity index (χ3v) is 5.45. The number of amides is 1. The zero-order valence-corrected chi connectivity index (χ0v) is 15.9. The van der Waals surface area contributed by atoms with E-state index in [-0.39, 0.29) is 6.09 Å². The highest BCUT2D eigenvalue weighted by Crippen LogP contribution is 2.21. The number of nitrogens with one attached hydrogen (secondary N) is 1. The Morgan fingerprint density at radius 1 is 1.04 bits per heavy atom. The van der Waals surface area contributed by atoms with E-state index in [0.29, 0.717) is 24.7 Å². The van der Waals surface area contributed by atoms with Gasteiger partial charge in [0.05, 0.1) is 0 Å². The molecule has 0 bridgehead atoms.